The van der Waals surface area contributed by atoms with Gasteiger partial charge in [0.15, 0.2) is 5.78 Å². The maximum Gasteiger partial charge on any atom is 0.311 e. The second-order valence-corrected chi connectivity index (χ2v) is 9.82. The summed E-state index contributed by atoms with van der Waals surface area (Å²) >= 11 is 0. The first-order valence-electron chi connectivity index (χ1n) is 14.1. The van der Waals surface area contributed by atoms with E-state index < -0.39 is 0 Å². The van der Waals surface area contributed by atoms with E-state index in [0.717, 1.165) is 43.4 Å². The van der Waals surface area contributed by atoms with Gasteiger partial charge in [-0.3, -0.25) is 9.59 Å². The summed E-state index contributed by atoms with van der Waals surface area (Å²) in [5.41, 5.74) is 3.54. The quantitative estimate of drug-likeness (QED) is 0.0529. The number of rotatable bonds is 18. The first kappa shape index (κ1) is 30.7. The number of hydrogen-bond donors (Lipinski definition) is 0. The van der Waals surface area contributed by atoms with E-state index in [9.17, 15) is 14.0 Å². The molecule has 0 aromatic heterocycles. The highest BCUT2D eigenvalue weighted by molar-refractivity contribution is 6.06. The number of ether oxygens (including phenoxy) is 2. The average Bonchev–Trinajstić information content (AvgIpc) is 2.98. The second kappa shape index (κ2) is 17.7. The van der Waals surface area contributed by atoms with Gasteiger partial charge < -0.3 is 9.47 Å². The third-order valence-electron chi connectivity index (χ3n) is 6.57. The van der Waals surface area contributed by atoms with Gasteiger partial charge in [0.25, 0.3) is 0 Å². The molecular formula is C35H39FO4. The molecule has 0 amide bonds. The van der Waals surface area contributed by atoms with Crippen molar-refractivity contribution in [3.8, 4) is 5.75 Å². The summed E-state index contributed by atoms with van der Waals surface area (Å²) in [6, 6.07) is 20.7. The fourth-order valence-corrected chi connectivity index (χ4v) is 4.19. The molecule has 0 atom stereocenters. The molecule has 210 valence electrons. The molecule has 40 heavy (non-hydrogen) atoms. The van der Waals surface area contributed by atoms with Gasteiger partial charge in [-0.1, -0.05) is 93.7 Å². The molecule has 0 aliphatic heterocycles. The Balaban J connectivity index is 1.17. The number of carbonyl (C=O) groups is 2. The molecule has 3 aromatic rings. The molecule has 5 heteroatoms. The van der Waals surface area contributed by atoms with Gasteiger partial charge in [0.2, 0.25) is 0 Å². The number of allylic oxidation sites excluding steroid dienone is 1. The molecule has 3 rings (SSSR count). The van der Waals surface area contributed by atoms with Gasteiger partial charge in [-0.2, -0.15) is 0 Å². The van der Waals surface area contributed by atoms with Crippen LogP contribution in [-0.2, 0) is 16.1 Å². The SMILES string of the molecule is C=Cc1ccc(COCCCCCCCCCCC(=O)Oc2ccc(C=CC(=O)c3ccc(F)cc3)cc2)cc1. The number of ketones is 1. The van der Waals surface area contributed by atoms with Crippen LogP contribution in [0.15, 0.2) is 85.5 Å². The van der Waals surface area contributed by atoms with E-state index in [2.05, 4.69) is 30.8 Å². The zero-order chi connectivity index (χ0) is 28.4. The molecule has 0 aliphatic carbocycles. The summed E-state index contributed by atoms with van der Waals surface area (Å²) in [5, 5.41) is 0. The standard InChI is InChI=1S/C35H39FO4/c1-2-28-12-14-30(15-13-28)27-39-26-10-8-6-4-3-5-7-9-11-35(38)40-33-23-16-29(17-24-33)18-25-34(37)31-19-21-32(36)22-20-31/h2,12-25H,1,3-11,26-27H2. The van der Waals surface area contributed by atoms with Crippen LogP contribution in [0.1, 0.15) is 84.8 Å². The minimum absolute atomic E-state index is 0.206. The Morgan fingerprint density at radius 3 is 1.98 bits per heavy atom. The Hall–Kier alpha value is -3.83. The zero-order valence-corrected chi connectivity index (χ0v) is 23.2. The molecule has 0 radical (unpaired) electrons. The minimum atomic E-state index is -0.378. The Morgan fingerprint density at radius 2 is 1.32 bits per heavy atom. The van der Waals surface area contributed by atoms with Crippen molar-refractivity contribution in [1.82, 2.24) is 0 Å². The normalized spacial score (nSPS) is 11.0. The predicted octanol–water partition coefficient (Wildman–Crippen LogP) is 9.00. The summed E-state index contributed by atoms with van der Waals surface area (Å²) in [6.07, 6.45) is 14.2. The lowest BCUT2D eigenvalue weighted by atomic mass is 10.1. The lowest BCUT2D eigenvalue weighted by Gasteiger charge is -2.06. The summed E-state index contributed by atoms with van der Waals surface area (Å²) in [4.78, 5) is 24.3. The van der Waals surface area contributed by atoms with E-state index in [0.29, 0.717) is 24.3 Å². The van der Waals surface area contributed by atoms with Gasteiger partial charge >= 0.3 is 5.97 Å². The highest BCUT2D eigenvalue weighted by Crippen LogP contribution is 2.16. The van der Waals surface area contributed by atoms with E-state index in [1.54, 1.807) is 30.3 Å². The Labute approximate surface area is 237 Å². The first-order chi connectivity index (χ1) is 19.5. The van der Waals surface area contributed by atoms with E-state index >= 15 is 0 Å². The van der Waals surface area contributed by atoms with Crippen LogP contribution in [0.25, 0.3) is 12.2 Å². The molecule has 0 N–H and O–H groups in total. The minimum Gasteiger partial charge on any atom is -0.427 e. The second-order valence-electron chi connectivity index (χ2n) is 9.82. The highest BCUT2D eigenvalue weighted by Gasteiger charge is 2.05. The highest BCUT2D eigenvalue weighted by atomic mass is 19.1. The number of benzene rings is 3. The molecule has 4 nitrogen and oxygen atoms in total. The molecule has 0 saturated carbocycles. The maximum atomic E-state index is 13.0. The lowest BCUT2D eigenvalue weighted by Crippen LogP contribution is -2.07. The maximum absolute atomic E-state index is 13.0. The predicted molar refractivity (Wildman–Crippen MR) is 160 cm³/mol. The van der Waals surface area contributed by atoms with Gasteiger partial charge in [0.05, 0.1) is 6.61 Å². The van der Waals surface area contributed by atoms with Crippen LogP contribution < -0.4 is 4.74 Å². The molecule has 0 fully saturated rings. The summed E-state index contributed by atoms with van der Waals surface area (Å²) < 4.78 is 24.2. The average molecular weight is 543 g/mol. The Morgan fingerprint density at radius 1 is 0.725 bits per heavy atom. The van der Waals surface area contributed by atoms with Gasteiger partial charge in [0.1, 0.15) is 11.6 Å². The number of hydrogen-bond acceptors (Lipinski definition) is 4. The van der Waals surface area contributed by atoms with Crippen LogP contribution in [0.3, 0.4) is 0 Å². The third-order valence-corrected chi connectivity index (χ3v) is 6.57. The molecule has 0 heterocycles. The third kappa shape index (κ3) is 11.9. The van der Waals surface area contributed by atoms with Crippen molar-refractivity contribution in [2.24, 2.45) is 0 Å². The Bertz CT molecular complexity index is 1210. The molecule has 3 aromatic carbocycles. The molecule has 0 unspecified atom stereocenters. The van der Waals surface area contributed by atoms with E-state index in [-0.39, 0.29) is 17.6 Å². The number of esters is 1. The van der Waals surface area contributed by atoms with Gasteiger partial charge in [-0.05, 0) is 72.0 Å². The topological polar surface area (TPSA) is 52.6 Å². The number of carbonyl (C=O) groups excluding carboxylic acids is 2. The summed E-state index contributed by atoms with van der Waals surface area (Å²) in [6.45, 7) is 5.22. The number of halogens is 1. The van der Waals surface area contributed by atoms with Crippen LogP contribution in [0.5, 0.6) is 5.75 Å². The van der Waals surface area contributed by atoms with E-state index in [1.165, 1.54) is 61.6 Å². The molecule has 0 bridgehead atoms. The lowest BCUT2D eigenvalue weighted by molar-refractivity contribution is -0.134. The molecule has 0 saturated heterocycles. The van der Waals surface area contributed by atoms with Crippen LogP contribution in [0.2, 0.25) is 0 Å². The summed E-state index contributed by atoms with van der Waals surface area (Å²) in [5.74, 6) is -0.326. The molecule has 0 aliphatic rings. The van der Waals surface area contributed by atoms with Gasteiger partial charge in [-0.15, -0.1) is 0 Å². The molecular weight excluding hydrogens is 503 g/mol. The largest absolute Gasteiger partial charge is 0.427 e. The van der Waals surface area contributed by atoms with Crippen LogP contribution >= 0.6 is 0 Å². The van der Waals surface area contributed by atoms with E-state index in [1.807, 2.05) is 6.08 Å². The van der Waals surface area contributed by atoms with Crippen molar-refractivity contribution >= 4 is 23.9 Å². The van der Waals surface area contributed by atoms with Gasteiger partial charge in [-0.25, -0.2) is 4.39 Å². The van der Waals surface area contributed by atoms with Crippen molar-refractivity contribution in [3.05, 3.63) is 114 Å². The van der Waals surface area contributed by atoms with Crippen molar-refractivity contribution in [2.45, 2.75) is 64.4 Å². The number of unbranched alkanes of at least 4 members (excludes halogenated alkanes) is 7. The van der Waals surface area contributed by atoms with Crippen LogP contribution in [-0.4, -0.2) is 18.4 Å². The van der Waals surface area contributed by atoms with Crippen LogP contribution in [0, 0.1) is 5.82 Å². The van der Waals surface area contributed by atoms with Crippen LogP contribution in [0.4, 0.5) is 4.39 Å². The van der Waals surface area contributed by atoms with Crippen molar-refractivity contribution < 1.29 is 23.5 Å². The summed E-state index contributed by atoms with van der Waals surface area (Å²) in [7, 11) is 0. The molecule has 0 spiro atoms. The zero-order valence-electron chi connectivity index (χ0n) is 23.2. The van der Waals surface area contributed by atoms with Crippen molar-refractivity contribution in [2.75, 3.05) is 6.61 Å². The van der Waals surface area contributed by atoms with E-state index in [4.69, 9.17) is 9.47 Å². The van der Waals surface area contributed by atoms with Crippen molar-refractivity contribution in [3.63, 3.8) is 0 Å². The fraction of sp³-hybridized carbons (Fsp3) is 0.314. The first-order valence-corrected chi connectivity index (χ1v) is 14.1. The Kier molecular flexibility index (Phi) is 13.6. The van der Waals surface area contributed by atoms with Gasteiger partial charge in [0, 0.05) is 18.6 Å². The fourth-order valence-electron chi connectivity index (χ4n) is 4.19. The monoisotopic (exact) mass is 542 g/mol. The smallest absolute Gasteiger partial charge is 0.311 e. The van der Waals surface area contributed by atoms with Crippen molar-refractivity contribution in [1.29, 1.82) is 0 Å².